The van der Waals surface area contributed by atoms with Gasteiger partial charge in [0.05, 0.1) is 6.54 Å². The SMILES string of the molecule is O=C1C=C(CN(Cc2ccc(Cl)nc2)CC(F)F)CO1. The molecule has 0 fully saturated rings. The van der Waals surface area contributed by atoms with Gasteiger partial charge in [-0.2, -0.15) is 0 Å². The monoisotopic (exact) mass is 302 g/mol. The van der Waals surface area contributed by atoms with Gasteiger partial charge >= 0.3 is 5.97 Å². The van der Waals surface area contributed by atoms with Gasteiger partial charge in [0, 0.05) is 25.4 Å². The number of nitrogens with zero attached hydrogens (tertiary/aromatic N) is 2. The average Bonchev–Trinajstić information content (AvgIpc) is 2.77. The van der Waals surface area contributed by atoms with Crippen molar-refractivity contribution in [2.75, 3.05) is 19.7 Å². The molecule has 0 aliphatic carbocycles. The van der Waals surface area contributed by atoms with Gasteiger partial charge in [0.1, 0.15) is 11.8 Å². The molecule has 20 heavy (non-hydrogen) atoms. The number of halogens is 3. The van der Waals surface area contributed by atoms with Crippen LogP contribution in [0.15, 0.2) is 30.0 Å². The maximum Gasteiger partial charge on any atom is 0.331 e. The van der Waals surface area contributed by atoms with Crippen molar-refractivity contribution in [1.82, 2.24) is 9.88 Å². The van der Waals surface area contributed by atoms with Crippen LogP contribution in [0.3, 0.4) is 0 Å². The van der Waals surface area contributed by atoms with Crippen LogP contribution in [0.2, 0.25) is 5.15 Å². The predicted molar refractivity (Wildman–Crippen MR) is 69.6 cm³/mol. The maximum atomic E-state index is 12.6. The highest BCUT2D eigenvalue weighted by Gasteiger charge is 2.19. The van der Waals surface area contributed by atoms with Crippen molar-refractivity contribution in [1.29, 1.82) is 0 Å². The van der Waals surface area contributed by atoms with Crippen molar-refractivity contribution in [3.05, 3.63) is 40.7 Å². The Kier molecular flexibility index (Phi) is 5.03. The third kappa shape index (κ3) is 4.54. The Labute approximate surface area is 120 Å². The summed E-state index contributed by atoms with van der Waals surface area (Å²) in [6, 6.07) is 3.34. The normalized spacial score (nSPS) is 14.8. The van der Waals surface area contributed by atoms with Crippen LogP contribution in [-0.4, -0.2) is 42.0 Å². The van der Waals surface area contributed by atoms with Gasteiger partial charge in [0.15, 0.2) is 0 Å². The molecule has 0 spiro atoms. The molecule has 1 aliphatic heterocycles. The molecule has 1 aromatic heterocycles. The summed E-state index contributed by atoms with van der Waals surface area (Å²) in [5, 5.41) is 0.353. The van der Waals surface area contributed by atoms with Crippen molar-refractivity contribution >= 4 is 17.6 Å². The van der Waals surface area contributed by atoms with Crippen molar-refractivity contribution in [3.8, 4) is 0 Å². The lowest BCUT2D eigenvalue weighted by atomic mass is 10.2. The molecular formula is C13H13ClF2N2O2. The van der Waals surface area contributed by atoms with E-state index in [2.05, 4.69) is 4.98 Å². The third-order valence-electron chi connectivity index (χ3n) is 2.74. The van der Waals surface area contributed by atoms with E-state index >= 15 is 0 Å². The Morgan fingerprint density at radius 2 is 2.20 bits per heavy atom. The molecule has 2 rings (SSSR count). The second kappa shape index (κ2) is 6.76. The molecule has 0 aromatic carbocycles. The molecule has 0 radical (unpaired) electrons. The summed E-state index contributed by atoms with van der Waals surface area (Å²) in [4.78, 5) is 16.4. The highest BCUT2D eigenvalue weighted by molar-refractivity contribution is 6.29. The maximum absolute atomic E-state index is 12.6. The number of esters is 1. The first kappa shape index (κ1) is 14.9. The first-order valence-corrected chi connectivity index (χ1v) is 6.38. The second-order valence-corrected chi connectivity index (χ2v) is 4.85. The quantitative estimate of drug-likeness (QED) is 0.597. The van der Waals surface area contributed by atoms with E-state index in [1.54, 1.807) is 23.2 Å². The van der Waals surface area contributed by atoms with Crippen LogP contribution in [0.5, 0.6) is 0 Å². The molecule has 4 nitrogen and oxygen atoms in total. The number of carbonyl (C=O) groups excluding carboxylic acids is 1. The summed E-state index contributed by atoms with van der Waals surface area (Å²) in [5.41, 5.74) is 1.47. The number of rotatable bonds is 6. The average molecular weight is 303 g/mol. The molecular weight excluding hydrogens is 290 g/mol. The minimum atomic E-state index is -2.45. The van der Waals surface area contributed by atoms with Crippen LogP contribution in [0.1, 0.15) is 5.56 Å². The lowest BCUT2D eigenvalue weighted by molar-refractivity contribution is -0.134. The molecule has 0 bridgehead atoms. The van der Waals surface area contributed by atoms with Crippen molar-refractivity contribution in [2.24, 2.45) is 0 Å². The zero-order chi connectivity index (χ0) is 14.5. The van der Waals surface area contributed by atoms with Crippen LogP contribution in [0.4, 0.5) is 8.78 Å². The van der Waals surface area contributed by atoms with Gasteiger partial charge in [0.25, 0.3) is 6.43 Å². The Morgan fingerprint density at radius 1 is 1.40 bits per heavy atom. The second-order valence-electron chi connectivity index (χ2n) is 4.46. The lowest BCUT2D eigenvalue weighted by Crippen LogP contribution is -2.30. The molecule has 2 heterocycles. The molecule has 1 aliphatic rings. The molecule has 1 aromatic rings. The molecule has 7 heteroatoms. The van der Waals surface area contributed by atoms with Gasteiger partial charge in [0.2, 0.25) is 0 Å². The minimum absolute atomic E-state index is 0.164. The summed E-state index contributed by atoms with van der Waals surface area (Å²) in [7, 11) is 0. The number of hydrogen-bond acceptors (Lipinski definition) is 4. The highest BCUT2D eigenvalue weighted by atomic mass is 35.5. The topological polar surface area (TPSA) is 42.4 Å². The minimum Gasteiger partial charge on any atom is -0.458 e. The first-order valence-electron chi connectivity index (χ1n) is 6.00. The zero-order valence-corrected chi connectivity index (χ0v) is 11.3. The van der Waals surface area contributed by atoms with Gasteiger partial charge in [-0.1, -0.05) is 17.7 Å². The lowest BCUT2D eigenvalue weighted by Gasteiger charge is -2.22. The Hall–Kier alpha value is -1.53. The number of hydrogen-bond donors (Lipinski definition) is 0. The van der Waals surface area contributed by atoms with Crippen molar-refractivity contribution < 1.29 is 18.3 Å². The fourth-order valence-corrected chi connectivity index (χ4v) is 2.04. The molecule has 0 saturated carbocycles. The van der Waals surface area contributed by atoms with E-state index in [1.807, 2.05) is 0 Å². The van der Waals surface area contributed by atoms with E-state index in [0.717, 1.165) is 5.56 Å². The molecule has 108 valence electrons. The molecule has 0 atom stereocenters. The van der Waals surface area contributed by atoms with E-state index in [9.17, 15) is 13.6 Å². The van der Waals surface area contributed by atoms with Gasteiger partial charge in [-0.15, -0.1) is 0 Å². The third-order valence-corrected chi connectivity index (χ3v) is 2.96. The molecule has 0 unspecified atom stereocenters. The van der Waals surface area contributed by atoms with Crippen molar-refractivity contribution in [2.45, 2.75) is 13.0 Å². The zero-order valence-electron chi connectivity index (χ0n) is 10.6. The molecule has 0 N–H and O–H groups in total. The Balaban J connectivity index is 2.01. The number of alkyl halides is 2. The van der Waals surface area contributed by atoms with Crippen molar-refractivity contribution in [3.63, 3.8) is 0 Å². The van der Waals surface area contributed by atoms with E-state index in [0.29, 0.717) is 17.3 Å². The number of carbonyl (C=O) groups is 1. The predicted octanol–water partition coefficient (Wildman–Crippen LogP) is 2.29. The smallest absolute Gasteiger partial charge is 0.331 e. The van der Waals surface area contributed by atoms with Crippen LogP contribution in [0.25, 0.3) is 0 Å². The standard InChI is InChI=1S/C13H13ClF2N2O2/c14-11-2-1-9(4-17-11)5-18(7-12(15)16)6-10-3-13(19)20-8-10/h1-4,12H,5-8H2. The van der Waals surface area contributed by atoms with Gasteiger partial charge in [-0.3, -0.25) is 4.90 Å². The number of pyridine rings is 1. The number of cyclic esters (lactones) is 1. The number of aromatic nitrogens is 1. The van der Waals surface area contributed by atoms with Gasteiger partial charge in [-0.25, -0.2) is 18.6 Å². The van der Waals surface area contributed by atoms with E-state index < -0.39 is 12.4 Å². The van der Waals surface area contributed by atoms with E-state index in [-0.39, 0.29) is 19.7 Å². The summed E-state index contributed by atoms with van der Waals surface area (Å²) >= 11 is 5.68. The summed E-state index contributed by atoms with van der Waals surface area (Å²) in [6.45, 7) is 0.352. The molecule has 0 amide bonds. The van der Waals surface area contributed by atoms with Crippen LogP contribution >= 0.6 is 11.6 Å². The molecule has 0 saturated heterocycles. The van der Waals surface area contributed by atoms with E-state index in [4.69, 9.17) is 16.3 Å². The first-order chi connectivity index (χ1) is 9.52. The largest absolute Gasteiger partial charge is 0.458 e. The summed E-state index contributed by atoms with van der Waals surface area (Å²) in [6.07, 6.45) is 0.443. The summed E-state index contributed by atoms with van der Waals surface area (Å²) < 4.78 is 30.0. The fourth-order valence-electron chi connectivity index (χ4n) is 1.93. The highest BCUT2D eigenvalue weighted by Crippen LogP contribution is 2.13. The van der Waals surface area contributed by atoms with Gasteiger partial charge < -0.3 is 4.74 Å². The summed E-state index contributed by atoms with van der Waals surface area (Å²) in [5.74, 6) is -0.426. The van der Waals surface area contributed by atoms with Gasteiger partial charge in [-0.05, 0) is 17.2 Å². The Morgan fingerprint density at radius 3 is 2.75 bits per heavy atom. The number of ether oxygens (including phenoxy) is 1. The van der Waals surface area contributed by atoms with Crippen LogP contribution in [0, 0.1) is 0 Å². The van der Waals surface area contributed by atoms with Crippen LogP contribution in [-0.2, 0) is 16.1 Å². The fraction of sp³-hybridized carbons (Fsp3) is 0.385. The Bertz CT molecular complexity index is 506. The van der Waals surface area contributed by atoms with E-state index in [1.165, 1.54) is 6.08 Å². The van der Waals surface area contributed by atoms with Crippen LogP contribution < -0.4 is 0 Å².